The molecule has 0 saturated carbocycles. The monoisotopic (exact) mass is 339 g/mol. The number of amides is 1. The van der Waals surface area contributed by atoms with E-state index in [0.717, 1.165) is 23.2 Å². The van der Waals surface area contributed by atoms with E-state index in [2.05, 4.69) is 15.6 Å². The maximum Gasteiger partial charge on any atom is 0.320 e. The zero-order valence-electron chi connectivity index (χ0n) is 13.8. The number of hydrogen-bond donors (Lipinski definition) is 3. The van der Waals surface area contributed by atoms with E-state index in [0.29, 0.717) is 19.4 Å². The number of carbonyl (C=O) groups is 2. The first-order chi connectivity index (χ1) is 12.1. The Morgan fingerprint density at radius 3 is 2.64 bits per heavy atom. The van der Waals surface area contributed by atoms with Gasteiger partial charge in [-0.1, -0.05) is 18.2 Å². The molecule has 6 nitrogen and oxygen atoms in total. The lowest BCUT2D eigenvalue weighted by Gasteiger charge is -2.10. The van der Waals surface area contributed by atoms with E-state index in [9.17, 15) is 9.59 Å². The first kappa shape index (κ1) is 17.1. The number of carboxylic acids is 1. The van der Waals surface area contributed by atoms with Crippen LogP contribution < -0.4 is 10.6 Å². The van der Waals surface area contributed by atoms with Gasteiger partial charge < -0.3 is 15.7 Å². The van der Waals surface area contributed by atoms with E-state index in [4.69, 9.17) is 5.11 Å². The smallest absolute Gasteiger partial charge is 0.320 e. The van der Waals surface area contributed by atoms with Crippen LogP contribution in [0.1, 0.15) is 24.0 Å². The standard InChI is InChI=1S/C19H21N3O3/c23-18(10-15-9-17(19(24)25)21-12-15)22-16-5-3-13(4-6-16)8-14-2-1-7-20-11-14/h1-7,11,15,17,21H,8-10,12H2,(H,22,23)(H,24,25). The summed E-state index contributed by atoms with van der Waals surface area (Å²) in [5.74, 6) is -0.879. The van der Waals surface area contributed by atoms with E-state index >= 15 is 0 Å². The van der Waals surface area contributed by atoms with Gasteiger partial charge in [-0.2, -0.15) is 0 Å². The molecule has 0 aliphatic carbocycles. The van der Waals surface area contributed by atoms with E-state index in [1.165, 1.54) is 0 Å². The van der Waals surface area contributed by atoms with Crippen molar-refractivity contribution in [2.75, 3.05) is 11.9 Å². The van der Waals surface area contributed by atoms with Crippen molar-refractivity contribution in [3.63, 3.8) is 0 Å². The van der Waals surface area contributed by atoms with Crippen molar-refractivity contribution in [2.45, 2.75) is 25.3 Å². The maximum atomic E-state index is 12.1. The van der Waals surface area contributed by atoms with Gasteiger partial charge in [-0.05, 0) is 54.6 Å². The van der Waals surface area contributed by atoms with Crippen LogP contribution in [0.15, 0.2) is 48.8 Å². The molecule has 2 unspecified atom stereocenters. The molecule has 2 heterocycles. The van der Waals surface area contributed by atoms with Crippen molar-refractivity contribution in [1.82, 2.24) is 10.3 Å². The Morgan fingerprint density at radius 2 is 2.00 bits per heavy atom. The molecule has 1 aliphatic heterocycles. The third-order valence-electron chi connectivity index (χ3n) is 4.36. The van der Waals surface area contributed by atoms with Crippen molar-refractivity contribution in [2.24, 2.45) is 5.92 Å². The maximum absolute atomic E-state index is 12.1. The number of pyridine rings is 1. The molecule has 3 rings (SSSR count). The summed E-state index contributed by atoms with van der Waals surface area (Å²) >= 11 is 0. The van der Waals surface area contributed by atoms with Crippen molar-refractivity contribution >= 4 is 17.6 Å². The third kappa shape index (κ3) is 4.87. The van der Waals surface area contributed by atoms with Gasteiger partial charge in [-0.15, -0.1) is 0 Å². The summed E-state index contributed by atoms with van der Waals surface area (Å²) in [7, 11) is 0. The zero-order chi connectivity index (χ0) is 17.6. The molecule has 1 aromatic heterocycles. The number of aliphatic carboxylic acids is 1. The highest BCUT2D eigenvalue weighted by Gasteiger charge is 2.30. The van der Waals surface area contributed by atoms with Crippen LogP contribution in [-0.2, 0) is 16.0 Å². The second-order valence-electron chi connectivity index (χ2n) is 6.39. The largest absolute Gasteiger partial charge is 0.480 e. The number of hydrogen-bond acceptors (Lipinski definition) is 4. The highest BCUT2D eigenvalue weighted by Crippen LogP contribution is 2.19. The van der Waals surface area contributed by atoms with Gasteiger partial charge in [0.1, 0.15) is 6.04 Å². The molecule has 2 aromatic rings. The molecule has 1 saturated heterocycles. The molecule has 1 amide bonds. The van der Waals surface area contributed by atoms with Crippen LogP contribution in [0.25, 0.3) is 0 Å². The van der Waals surface area contributed by atoms with Crippen LogP contribution in [-0.4, -0.2) is 34.6 Å². The number of carboxylic acid groups (broad SMARTS) is 1. The molecule has 2 atom stereocenters. The Balaban J connectivity index is 1.49. The minimum Gasteiger partial charge on any atom is -0.480 e. The number of nitrogens with zero attached hydrogens (tertiary/aromatic N) is 1. The van der Waals surface area contributed by atoms with Crippen LogP contribution in [0.5, 0.6) is 0 Å². The van der Waals surface area contributed by atoms with Gasteiger partial charge in [0, 0.05) is 24.5 Å². The van der Waals surface area contributed by atoms with Crippen LogP contribution in [0, 0.1) is 5.92 Å². The van der Waals surface area contributed by atoms with Crippen molar-refractivity contribution in [1.29, 1.82) is 0 Å². The van der Waals surface area contributed by atoms with Gasteiger partial charge in [0.25, 0.3) is 0 Å². The number of carbonyl (C=O) groups excluding carboxylic acids is 1. The number of rotatable bonds is 6. The fourth-order valence-corrected chi connectivity index (χ4v) is 3.07. The minimum absolute atomic E-state index is 0.0611. The molecule has 0 bridgehead atoms. The molecule has 1 fully saturated rings. The van der Waals surface area contributed by atoms with Gasteiger partial charge in [-0.3, -0.25) is 14.6 Å². The lowest BCUT2D eigenvalue weighted by molar-refractivity contribution is -0.139. The molecule has 1 aromatic carbocycles. The average molecular weight is 339 g/mol. The molecule has 3 N–H and O–H groups in total. The predicted molar refractivity (Wildman–Crippen MR) is 94.3 cm³/mol. The Hall–Kier alpha value is -2.73. The summed E-state index contributed by atoms with van der Waals surface area (Å²) in [5, 5.41) is 14.8. The first-order valence-electron chi connectivity index (χ1n) is 8.34. The van der Waals surface area contributed by atoms with E-state index in [1.807, 2.05) is 42.6 Å². The quantitative estimate of drug-likeness (QED) is 0.749. The van der Waals surface area contributed by atoms with E-state index < -0.39 is 12.0 Å². The predicted octanol–water partition coefficient (Wildman–Crippen LogP) is 2.06. The number of anilines is 1. The molecular weight excluding hydrogens is 318 g/mol. The second kappa shape index (κ2) is 7.90. The Labute approximate surface area is 146 Å². The number of benzene rings is 1. The molecule has 0 radical (unpaired) electrons. The van der Waals surface area contributed by atoms with E-state index in [1.54, 1.807) is 6.20 Å². The average Bonchev–Trinajstić information content (AvgIpc) is 3.06. The van der Waals surface area contributed by atoms with Crippen LogP contribution >= 0.6 is 0 Å². The lowest BCUT2D eigenvalue weighted by Crippen LogP contribution is -2.29. The lowest BCUT2D eigenvalue weighted by atomic mass is 10.0. The number of aromatic nitrogens is 1. The SMILES string of the molecule is O=C(CC1CNC(C(=O)O)C1)Nc1ccc(Cc2cccnc2)cc1. The van der Waals surface area contributed by atoms with Gasteiger partial charge in [-0.25, -0.2) is 0 Å². The highest BCUT2D eigenvalue weighted by molar-refractivity contribution is 5.91. The summed E-state index contributed by atoms with van der Waals surface area (Å²) < 4.78 is 0. The minimum atomic E-state index is -0.855. The summed E-state index contributed by atoms with van der Waals surface area (Å²) in [6.07, 6.45) is 5.21. The Kier molecular flexibility index (Phi) is 5.40. The molecule has 25 heavy (non-hydrogen) atoms. The summed E-state index contributed by atoms with van der Waals surface area (Å²) in [5.41, 5.74) is 3.04. The van der Waals surface area contributed by atoms with E-state index in [-0.39, 0.29) is 11.8 Å². The van der Waals surface area contributed by atoms with Gasteiger partial charge in [0.2, 0.25) is 5.91 Å². The topological polar surface area (TPSA) is 91.3 Å². The van der Waals surface area contributed by atoms with Crippen molar-refractivity contribution < 1.29 is 14.7 Å². The van der Waals surface area contributed by atoms with Crippen molar-refractivity contribution in [3.8, 4) is 0 Å². The van der Waals surface area contributed by atoms with Crippen LogP contribution in [0.2, 0.25) is 0 Å². The highest BCUT2D eigenvalue weighted by atomic mass is 16.4. The third-order valence-corrected chi connectivity index (χ3v) is 4.36. The Morgan fingerprint density at radius 1 is 1.20 bits per heavy atom. The van der Waals surface area contributed by atoms with Gasteiger partial charge >= 0.3 is 5.97 Å². The zero-order valence-corrected chi connectivity index (χ0v) is 13.8. The van der Waals surface area contributed by atoms with Crippen molar-refractivity contribution in [3.05, 3.63) is 59.9 Å². The molecular formula is C19H21N3O3. The Bertz CT molecular complexity index is 731. The fraction of sp³-hybridized carbons (Fsp3) is 0.316. The van der Waals surface area contributed by atoms with Gasteiger partial charge in [0.05, 0.1) is 0 Å². The summed E-state index contributed by atoms with van der Waals surface area (Å²) in [6.45, 7) is 0.564. The number of nitrogens with one attached hydrogen (secondary N) is 2. The van der Waals surface area contributed by atoms with Gasteiger partial charge in [0.15, 0.2) is 0 Å². The normalized spacial score (nSPS) is 19.5. The first-order valence-corrected chi connectivity index (χ1v) is 8.34. The molecule has 1 aliphatic rings. The summed E-state index contributed by atoms with van der Waals surface area (Å²) in [6, 6.07) is 11.1. The molecule has 130 valence electrons. The summed E-state index contributed by atoms with van der Waals surface area (Å²) in [4.78, 5) is 27.2. The molecule has 6 heteroatoms. The van der Waals surface area contributed by atoms with Crippen LogP contribution in [0.3, 0.4) is 0 Å². The fourth-order valence-electron chi connectivity index (χ4n) is 3.07. The molecule has 0 spiro atoms. The van der Waals surface area contributed by atoms with Crippen LogP contribution in [0.4, 0.5) is 5.69 Å². The second-order valence-corrected chi connectivity index (χ2v) is 6.39.